The molecule has 0 saturated carbocycles. The van der Waals surface area contributed by atoms with E-state index in [4.69, 9.17) is 4.98 Å². The molecule has 0 aromatic carbocycles. The van der Waals surface area contributed by atoms with E-state index in [2.05, 4.69) is 49.6 Å². The summed E-state index contributed by atoms with van der Waals surface area (Å²) in [5, 5.41) is 5.53. The van der Waals surface area contributed by atoms with E-state index >= 15 is 0 Å². The number of aromatic nitrogens is 1. The molecular formula is C13H22N2S3. The Hall–Kier alpha value is 0.290. The van der Waals surface area contributed by atoms with Gasteiger partial charge in [0.2, 0.25) is 0 Å². The Morgan fingerprint density at radius 1 is 1.44 bits per heavy atom. The van der Waals surface area contributed by atoms with Crippen molar-refractivity contribution in [3.05, 3.63) is 15.6 Å². The predicted molar refractivity (Wildman–Crippen MR) is 86.1 cm³/mol. The second kappa shape index (κ2) is 7.17. The Labute approximate surface area is 123 Å². The first-order valence-corrected chi connectivity index (χ1v) is 9.64. The summed E-state index contributed by atoms with van der Waals surface area (Å²) in [6.07, 6.45) is 1.18. The van der Waals surface area contributed by atoms with E-state index in [1.54, 1.807) is 0 Å². The van der Waals surface area contributed by atoms with Crippen LogP contribution in [0, 0.1) is 6.92 Å². The average Bonchev–Trinajstić information content (AvgIpc) is 2.79. The predicted octanol–water partition coefficient (Wildman–Crippen LogP) is 4.03. The first kappa shape index (κ1) is 14.7. The summed E-state index contributed by atoms with van der Waals surface area (Å²) in [7, 11) is 0. The lowest BCUT2D eigenvalue weighted by Gasteiger charge is -2.18. The Bertz CT molecular complexity index is 372. The maximum Gasteiger partial charge on any atom is 0.107 e. The number of aryl methyl sites for hydroxylation is 1. The summed E-state index contributed by atoms with van der Waals surface area (Å²) < 4.78 is 0. The Morgan fingerprint density at radius 2 is 2.28 bits per heavy atom. The van der Waals surface area contributed by atoms with Crippen LogP contribution < -0.4 is 5.32 Å². The van der Waals surface area contributed by atoms with E-state index in [-0.39, 0.29) is 0 Å². The monoisotopic (exact) mass is 302 g/mol. The van der Waals surface area contributed by atoms with E-state index in [0.717, 1.165) is 6.54 Å². The molecule has 1 aromatic heterocycles. The molecule has 2 rings (SSSR count). The van der Waals surface area contributed by atoms with E-state index in [1.807, 2.05) is 11.3 Å². The Morgan fingerprint density at radius 3 is 2.94 bits per heavy atom. The fourth-order valence-electron chi connectivity index (χ4n) is 2.05. The van der Waals surface area contributed by atoms with Crippen LogP contribution in [0.3, 0.4) is 0 Å². The summed E-state index contributed by atoms with van der Waals surface area (Å²) in [6, 6.07) is 0.442. The van der Waals surface area contributed by atoms with Gasteiger partial charge >= 0.3 is 0 Å². The molecule has 0 radical (unpaired) electrons. The number of thioether (sulfide) groups is 2. The van der Waals surface area contributed by atoms with Crippen molar-refractivity contribution < 1.29 is 0 Å². The van der Waals surface area contributed by atoms with Crippen LogP contribution in [0.5, 0.6) is 0 Å². The van der Waals surface area contributed by atoms with Gasteiger partial charge < -0.3 is 5.32 Å². The van der Waals surface area contributed by atoms with Crippen LogP contribution in [-0.2, 0) is 0 Å². The molecule has 2 atom stereocenters. The fourth-order valence-corrected chi connectivity index (χ4v) is 6.13. The lowest BCUT2D eigenvalue weighted by molar-refractivity contribution is 0.575. The fraction of sp³-hybridized carbons (Fsp3) is 0.769. The van der Waals surface area contributed by atoms with Gasteiger partial charge in [0.1, 0.15) is 5.01 Å². The van der Waals surface area contributed by atoms with E-state index < -0.39 is 0 Å². The third-order valence-corrected chi connectivity index (χ3v) is 7.40. The van der Waals surface area contributed by atoms with Gasteiger partial charge in [-0.3, -0.25) is 0 Å². The van der Waals surface area contributed by atoms with Crippen molar-refractivity contribution >= 4 is 34.9 Å². The number of hydrogen-bond acceptors (Lipinski definition) is 5. The zero-order chi connectivity index (χ0) is 13.0. The minimum atomic E-state index is 0.442. The third kappa shape index (κ3) is 3.65. The SMILES string of the molecule is CCCNC(C)c1sc(C2CSCCS2)nc1C. The van der Waals surface area contributed by atoms with Crippen LogP contribution in [0.15, 0.2) is 0 Å². The Kier molecular flexibility index (Phi) is 5.86. The third-order valence-electron chi connectivity index (χ3n) is 3.03. The summed E-state index contributed by atoms with van der Waals surface area (Å²) in [4.78, 5) is 6.23. The van der Waals surface area contributed by atoms with Gasteiger partial charge in [-0.25, -0.2) is 4.98 Å². The largest absolute Gasteiger partial charge is 0.309 e. The van der Waals surface area contributed by atoms with Crippen molar-refractivity contribution in [1.29, 1.82) is 0 Å². The summed E-state index contributed by atoms with van der Waals surface area (Å²) in [5.41, 5.74) is 1.22. The highest BCUT2D eigenvalue weighted by Crippen LogP contribution is 2.40. The number of hydrogen-bond donors (Lipinski definition) is 1. The Balaban J connectivity index is 2.05. The van der Waals surface area contributed by atoms with E-state index in [1.165, 1.54) is 39.3 Å². The topological polar surface area (TPSA) is 24.9 Å². The maximum atomic E-state index is 4.81. The minimum Gasteiger partial charge on any atom is -0.309 e. The number of rotatable bonds is 5. The molecule has 2 nitrogen and oxygen atoms in total. The van der Waals surface area contributed by atoms with Gasteiger partial charge in [0, 0.05) is 28.2 Å². The van der Waals surface area contributed by atoms with Crippen LogP contribution in [0.2, 0.25) is 0 Å². The van der Waals surface area contributed by atoms with E-state index in [9.17, 15) is 0 Å². The smallest absolute Gasteiger partial charge is 0.107 e. The van der Waals surface area contributed by atoms with Crippen LogP contribution in [-0.4, -0.2) is 28.8 Å². The van der Waals surface area contributed by atoms with Crippen LogP contribution in [0.4, 0.5) is 0 Å². The molecule has 2 heterocycles. The number of nitrogens with zero attached hydrogens (tertiary/aromatic N) is 1. The van der Waals surface area contributed by atoms with Crippen LogP contribution in [0.1, 0.15) is 47.1 Å². The van der Waals surface area contributed by atoms with Gasteiger partial charge in [-0.2, -0.15) is 11.8 Å². The first-order valence-electron chi connectivity index (χ1n) is 6.62. The molecule has 0 bridgehead atoms. The van der Waals surface area contributed by atoms with Crippen molar-refractivity contribution in [1.82, 2.24) is 10.3 Å². The van der Waals surface area contributed by atoms with Crippen molar-refractivity contribution in [2.24, 2.45) is 0 Å². The first-order chi connectivity index (χ1) is 8.72. The van der Waals surface area contributed by atoms with Gasteiger partial charge in [0.05, 0.1) is 10.9 Å². The molecule has 0 aliphatic carbocycles. The van der Waals surface area contributed by atoms with Crippen LogP contribution in [0.25, 0.3) is 0 Å². The van der Waals surface area contributed by atoms with Gasteiger partial charge in [-0.15, -0.1) is 23.1 Å². The lowest BCUT2D eigenvalue weighted by atomic mass is 10.2. The average molecular weight is 303 g/mol. The van der Waals surface area contributed by atoms with Crippen molar-refractivity contribution in [2.45, 2.75) is 38.5 Å². The van der Waals surface area contributed by atoms with Crippen LogP contribution >= 0.6 is 34.9 Å². The molecule has 18 heavy (non-hydrogen) atoms. The highest BCUT2D eigenvalue weighted by Gasteiger charge is 2.22. The number of nitrogens with one attached hydrogen (secondary N) is 1. The zero-order valence-electron chi connectivity index (χ0n) is 11.4. The van der Waals surface area contributed by atoms with Gasteiger partial charge in [-0.05, 0) is 26.8 Å². The van der Waals surface area contributed by atoms with Gasteiger partial charge in [-0.1, -0.05) is 6.92 Å². The second-order valence-corrected chi connectivity index (χ2v) is 8.13. The standard InChI is InChI=1S/C13H22N2S3/c1-4-5-14-9(2)12-10(3)15-13(18-12)11-8-16-6-7-17-11/h9,11,14H,4-8H2,1-3H3. The molecule has 1 fully saturated rings. The number of thiazole rings is 1. The molecule has 102 valence electrons. The molecule has 5 heteroatoms. The zero-order valence-corrected chi connectivity index (χ0v) is 13.8. The van der Waals surface area contributed by atoms with Gasteiger partial charge in [0.25, 0.3) is 0 Å². The van der Waals surface area contributed by atoms with E-state index in [0.29, 0.717) is 11.3 Å². The van der Waals surface area contributed by atoms with Crippen molar-refractivity contribution in [2.75, 3.05) is 23.8 Å². The molecule has 2 unspecified atom stereocenters. The van der Waals surface area contributed by atoms with Crippen molar-refractivity contribution in [3.8, 4) is 0 Å². The second-order valence-electron chi connectivity index (χ2n) is 4.61. The molecule has 1 aliphatic rings. The van der Waals surface area contributed by atoms with Crippen molar-refractivity contribution in [3.63, 3.8) is 0 Å². The highest BCUT2D eigenvalue weighted by atomic mass is 32.2. The molecule has 1 aliphatic heterocycles. The lowest BCUT2D eigenvalue weighted by Crippen LogP contribution is -2.18. The molecule has 0 spiro atoms. The maximum absolute atomic E-state index is 4.81. The summed E-state index contributed by atoms with van der Waals surface area (Å²) in [6.45, 7) is 7.70. The minimum absolute atomic E-state index is 0.442. The normalized spacial score (nSPS) is 22.1. The molecule has 0 amide bonds. The molecule has 1 N–H and O–H groups in total. The summed E-state index contributed by atoms with van der Waals surface area (Å²) in [5.74, 6) is 3.80. The molecular weight excluding hydrogens is 280 g/mol. The highest BCUT2D eigenvalue weighted by molar-refractivity contribution is 8.06. The molecule has 1 saturated heterocycles. The van der Waals surface area contributed by atoms with Gasteiger partial charge in [0.15, 0.2) is 0 Å². The quantitative estimate of drug-likeness (QED) is 0.887. The molecule has 1 aromatic rings. The summed E-state index contributed by atoms with van der Waals surface area (Å²) >= 11 is 6.06.